The van der Waals surface area contributed by atoms with Crippen LogP contribution in [0.3, 0.4) is 0 Å². The van der Waals surface area contributed by atoms with Gasteiger partial charge in [-0.05, 0) is 44.0 Å². The van der Waals surface area contributed by atoms with E-state index in [4.69, 9.17) is 4.74 Å². The van der Waals surface area contributed by atoms with Crippen LogP contribution < -0.4 is 0 Å². The zero-order chi connectivity index (χ0) is 14.8. The van der Waals surface area contributed by atoms with E-state index in [1.54, 1.807) is 6.92 Å². The van der Waals surface area contributed by atoms with Crippen molar-refractivity contribution < 1.29 is 22.3 Å². The molecule has 1 saturated carbocycles. The second-order valence-corrected chi connectivity index (χ2v) is 6.43. The Hall–Kier alpha value is -1.47. The Morgan fingerprint density at radius 1 is 1.35 bits per heavy atom. The number of esters is 1. The molecule has 1 aliphatic rings. The molecule has 0 amide bonds. The number of halogens is 1. The van der Waals surface area contributed by atoms with Crippen LogP contribution in [0.1, 0.15) is 19.8 Å². The first-order valence-electron chi connectivity index (χ1n) is 6.38. The van der Waals surface area contributed by atoms with Crippen LogP contribution in [-0.4, -0.2) is 37.9 Å². The van der Waals surface area contributed by atoms with Crippen molar-refractivity contribution in [3.8, 4) is 0 Å². The highest BCUT2D eigenvalue weighted by molar-refractivity contribution is 7.89. The van der Waals surface area contributed by atoms with Crippen LogP contribution in [-0.2, 0) is 19.6 Å². The summed E-state index contributed by atoms with van der Waals surface area (Å²) in [6, 6.07) is 4.40. The molecule has 0 N–H and O–H groups in total. The molecule has 2 rings (SSSR count). The normalized spacial score (nSPS) is 15.3. The quantitative estimate of drug-likeness (QED) is 0.748. The van der Waals surface area contributed by atoms with Crippen LogP contribution >= 0.6 is 0 Å². The SMILES string of the molecule is CCOC(=O)CN(C1CC1)S(=O)(=O)c1ccc(F)cc1. The predicted molar refractivity (Wildman–Crippen MR) is 69.9 cm³/mol. The predicted octanol–water partition coefficient (Wildman–Crippen LogP) is 1.54. The Labute approximate surface area is 117 Å². The highest BCUT2D eigenvalue weighted by Gasteiger charge is 2.39. The fourth-order valence-electron chi connectivity index (χ4n) is 1.85. The van der Waals surface area contributed by atoms with Gasteiger partial charge in [0.15, 0.2) is 0 Å². The summed E-state index contributed by atoms with van der Waals surface area (Å²) in [4.78, 5) is 11.5. The number of carbonyl (C=O) groups is 1. The Kier molecular flexibility index (Phi) is 4.39. The van der Waals surface area contributed by atoms with E-state index >= 15 is 0 Å². The molecule has 0 spiro atoms. The van der Waals surface area contributed by atoms with Crippen molar-refractivity contribution in [1.29, 1.82) is 0 Å². The molecule has 0 aliphatic heterocycles. The summed E-state index contributed by atoms with van der Waals surface area (Å²) in [6.45, 7) is 1.56. The monoisotopic (exact) mass is 301 g/mol. The molecule has 7 heteroatoms. The molecule has 5 nitrogen and oxygen atoms in total. The molecule has 1 aromatic rings. The van der Waals surface area contributed by atoms with Gasteiger partial charge in [-0.2, -0.15) is 4.31 Å². The number of rotatable bonds is 6. The maximum atomic E-state index is 12.9. The van der Waals surface area contributed by atoms with E-state index in [1.165, 1.54) is 12.1 Å². The van der Waals surface area contributed by atoms with E-state index in [-0.39, 0.29) is 24.1 Å². The lowest BCUT2D eigenvalue weighted by molar-refractivity contribution is -0.143. The topological polar surface area (TPSA) is 63.7 Å². The maximum Gasteiger partial charge on any atom is 0.321 e. The Bertz CT molecular complexity index is 581. The Morgan fingerprint density at radius 2 is 1.95 bits per heavy atom. The van der Waals surface area contributed by atoms with E-state index in [9.17, 15) is 17.6 Å². The summed E-state index contributed by atoms with van der Waals surface area (Å²) in [6.07, 6.45) is 1.44. The molecule has 110 valence electrons. The van der Waals surface area contributed by atoms with E-state index in [2.05, 4.69) is 0 Å². The van der Waals surface area contributed by atoms with Crippen LogP contribution in [0.15, 0.2) is 29.2 Å². The van der Waals surface area contributed by atoms with Crippen molar-refractivity contribution in [1.82, 2.24) is 4.31 Å². The van der Waals surface area contributed by atoms with Crippen molar-refractivity contribution >= 4 is 16.0 Å². The molecule has 0 unspecified atom stereocenters. The van der Waals surface area contributed by atoms with E-state index in [0.717, 1.165) is 29.3 Å². The first-order chi connectivity index (χ1) is 9.45. The third kappa shape index (κ3) is 3.34. The minimum absolute atomic E-state index is 0.0184. The average Bonchev–Trinajstić information content (AvgIpc) is 3.21. The zero-order valence-corrected chi connectivity index (χ0v) is 11.9. The minimum Gasteiger partial charge on any atom is -0.465 e. The van der Waals surface area contributed by atoms with Gasteiger partial charge in [0, 0.05) is 6.04 Å². The van der Waals surface area contributed by atoms with Crippen LogP contribution in [0.2, 0.25) is 0 Å². The second-order valence-electron chi connectivity index (χ2n) is 4.54. The number of nitrogens with zero attached hydrogens (tertiary/aromatic N) is 1. The fraction of sp³-hybridized carbons (Fsp3) is 0.462. The lowest BCUT2D eigenvalue weighted by Gasteiger charge is -2.20. The van der Waals surface area contributed by atoms with Crippen molar-refractivity contribution in [2.24, 2.45) is 0 Å². The van der Waals surface area contributed by atoms with Gasteiger partial charge in [-0.1, -0.05) is 0 Å². The Morgan fingerprint density at radius 3 is 2.45 bits per heavy atom. The van der Waals surface area contributed by atoms with E-state index in [0.29, 0.717) is 0 Å². The van der Waals surface area contributed by atoms with Gasteiger partial charge >= 0.3 is 5.97 Å². The summed E-state index contributed by atoms with van der Waals surface area (Å²) in [5.41, 5.74) is 0. The average molecular weight is 301 g/mol. The molecule has 20 heavy (non-hydrogen) atoms. The first-order valence-corrected chi connectivity index (χ1v) is 7.82. The summed E-state index contributed by atoms with van der Waals surface area (Å²) in [7, 11) is -3.80. The third-order valence-electron chi connectivity index (χ3n) is 2.96. The van der Waals surface area contributed by atoms with Gasteiger partial charge in [0.2, 0.25) is 10.0 Å². The smallest absolute Gasteiger partial charge is 0.321 e. The molecule has 0 heterocycles. The van der Waals surface area contributed by atoms with Crippen molar-refractivity contribution in [2.45, 2.75) is 30.7 Å². The van der Waals surface area contributed by atoms with Gasteiger partial charge in [-0.15, -0.1) is 0 Å². The molecule has 0 radical (unpaired) electrons. The summed E-state index contributed by atoms with van der Waals surface area (Å²) < 4.78 is 43.7. The summed E-state index contributed by atoms with van der Waals surface area (Å²) in [5, 5.41) is 0. The molecule has 1 aliphatic carbocycles. The van der Waals surface area contributed by atoms with Crippen LogP contribution in [0.4, 0.5) is 4.39 Å². The molecule has 1 fully saturated rings. The highest BCUT2D eigenvalue weighted by Crippen LogP contribution is 2.31. The third-order valence-corrected chi connectivity index (χ3v) is 4.88. The molecule has 0 aromatic heterocycles. The van der Waals surface area contributed by atoms with Gasteiger partial charge in [0.25, 0.3) is 0 Å². The molecular formula is C13H16FNO4S. The number of hydrogen-bond donors (Lipinski definition) is 0. The molecule has 0 atom stereocenters. The Balaban J connectivity index is 2.23. The minimum atomic E-state index is -3.80. The van der Waals surface area contributed by atoms with Crippen LogP contribution in [0.5, 0.6) is 0 Å². The highest BCUT2D eigenvalue weighted by atomic mass is 32.2. The zero-order valence-electron chi connectivity index (χ0n) is 11.1. The molecule has 1 aromatic carbocycles. The molecule has 0 saturated heterocycles. The lowest BCUT2D eigenvalue weighted by atomic mass is 10.4. The lowest BCUT2D eigenvalue weighted by Crippen LogP contribution is -2.38. The standard InChI is InChI=1S/C13H16FNO4S/c1-2-19-13(16)9-15(11-5-6-11)20(17,18)12-7-3-10(14)4-8-12/h3-4,7-8,11H,2,5-6,9H2,1H3. The van der Waals surface area contributed by atoms with E-state index < -0.39 is 21.8 Å². The number of benzene rings is 1. The second kappa shape index (κ2) is 5.88. The van der Waals surface area contributed by atoms with Crippen molar-refractivity contribution in [3.63, 3.8) is 0 Å². The fourth-order valence-corrected chi connectivity index (χ4v) is 3.48. The number of carbonyl (C=O) groups excluding carboxylic acids is 1. The largest absolute Gasteiger partial charge is 0.465 e. The van der Waals surface area contributed by atoms with Gasteiger partial charge in [-0.25, -0.2) is 12.8 Å². The number of sulfonamides is 1. The van der Waals surface area contributed by atoms with Gasteiger partial charge in [0.05, 0.1) is 11.5 Å². The molecule has 0 bridgehead atoms. The van der Waals surface area contributed by atoms with Gasteiger partial charge < -0.3 is 4.74 Å². The molecular weight excluding hydrogens is 285 g/mol. The van der Waals surface area contributed by atoms with Crippen molar-refractivity contribution in [2.75, 3.05) is 13.2 Å². The summed E-state index contributed by atoms with van der Waals surface area (Å²) in [5.74, 6) is -1.09. The van der Waals surface area contributed by atoms with Gasteiger partial charge in [0.1, 0.15) is 12.4 Å². The van der Waals surface area contributed by atoms with Gasteiger partial charge in [-0.3, -0.25) is 4.79 Å². The first kappa shape index (κ1) is 14.9. The van der Waals surface area contributed by atoms with E-state index in [1.807, 2.05) is 0 Å². The van der Waals surface area contributed by atoms with Crippen LogP contribution in [0, 0.1) is 5.82 Å². The van der Waals surface area contributed by atoms with Crippen molar-refractivity contribution in [3.05, 3.63) is 30.1 Å². The summed E-state index contributed by atoms with van der Waals surface area (Å²) >= 11 is 0. The maximum absolute atomic E-state index is 12.9. The van der Waals surface area contributed by atoms with Crippen LogP contribution in [0.25, 0.3) is 0 Å². The number of hydrogen-bond acceptors (Lipinski definition) is 4. The number of ether oxygens (including phenoxy) is 1.